The minimum Gasteiger partial charge on any atom is -0.384 e. The van der Waals surface area contributed by atoms with E-state index >= 15 is 0 Å². The molecule has 2 N–H and O–H groups in total. The Kier molecular flexibility index (Phi) is 3.24. The van der Waals surface area contributed by atoms with Crippen molar-refractivity contribution in [2.24, 2.45) is 0 Å². The Morgan fingerprint density at radius 1 is 1.25 bits per heavy atom. The van der Waals surface area contributed by atoms with Crippen molar-refractivity contribution in [2.75, 3.05) is 43.9 Å². The van der Waals surface area contributed by atoms with Crippen molar-refractivity contribution < 1.29 is 0 Å². The van der Waals surface area contributed by atoms with Gasteiger partial charge in [-0.3, -0.25) is 0 Å². The highest BCUT2D eigenvalue weighted by Crippen LogP contribution is 2.15. The molecule has 1 saturated heterocycles. The van der Waals surface area contributed by atoms with Gasteiger partial charge in [-0.05, 0) is 7.05 Å². The first kappa shape index (κ1) is 11.1. The number of anilines is 2. The van der Waals surface area contributed by atoms with Crippen LogP contribution >= 0.6 is 0 Å². The molecular formula is C11H19N5. The Morgan fingerprint density at radius 2 is 1.94 bits per heavy atom. The second-order valence-corrected chi connectivity index (χ2v) is 4.21. The molecule has 0 amide bonds. The second-order valence-electron chi connectivity index (χ2n) is 4.21. The van der Waals surface area contributed by atoms with E-state index in [0.717, 1.165) is 44.2 Å². The molecule has 0 atom stereocenters. The lowest BCUT2D eigenvalue weighted by molar-refractivity contribution is 0.312. The summed E-state index contributed by atoms with van der Waals surface area (Å²) in [5, 5.41) is 0. The molecule has 1 aliphatic rings. The maximum Gasteiger partial charge on any atom is 0.134 e. The van der Waals surface area contributed by atoms with Crippen molar-refractivity contribution >= 4 is 11.6 Å². The van der Waals surface area contributed by atoms with E-state index in [9.17, 15) is 0 Å². The van der Waals surface area contributed by atoms with Gasteiger partial charge in [0.05, 0.1) is 0 Å². The number of likely N-dealkylation sites (N-methyl/N-ethyl adjacent to an activating group) is 1. The van der Waals surface area contributed by atoms with Crippen molar-refractivity contribution in [3.8, 4) is 0 Å². The van der Waals surface area contributed by atoms with Crippen LogP contribution in [0.5, 0.6) is 0 Å². The van der Waals surface area contributed by atoms with E-state index in [-0.39, 0.29) is 0 Å². The minimum atomic E-state index is 0.570. The molecule has 0 spiro atoms. The normalized spacial score (nSPS) is 17.8. The Balaban J connectivity index is 2.16. The molecule has 0 saturated carbocycles. The Hall–Kier alpha value is -1.36. The van der Waals surface area contributed by atoms with E-state index in [2.05, 4.69) is 26.8 Å². The van der Waals surface area contributed by atoms with E-state index < -0.39 is 0 Å². The number of piperazine rings is 1. The molecule has 2 rings (SSSR count). The van der Waals surface area contributed by atoms with Crippen LogP contribution in [0.4, 0.5) is 11.6 Å². The third-order valence-electron chi connectivity index (χ3n) is 2.92. The average molecular weight is 221 g/mol. The number of nitrogens with zero attached hydrogens (tertiary/aromatic N) is 4. The Bertz CT molecular complexity index is 357. The van der Waals surface area contributed by atoms with Crippen LogP contribution in [0.3, 0.4) is 0 Å². The highest BCUT2D eigenvalue weighted by molar-refractivity contribution is 5.47. The fourth-order valence-electron chi connectivity index (χ4n) is 1.86. The summed E-state index contributed by atoms with van der Waals surface area (Å²) in [4.78, 5) is 13.3. The topological polar surface area (TPSA) is 58.3 Å². The molecule has 1 aromatic rings. The van der Waals surface area contributed by atoms with Crippen molar-refractivity contribution in [1.29, 1.82) is 0 Å². The molecule has 1 fully saturated rings. The van der Waals surface area contributed by atoms with Crippen LogP contribution in [-0.2, 0) is 6.42 Å². The summed E-state index contributed by atoms with van der Waals surface area (Å²) in [6, 6.07) is 1.87. The largest absolute Gasteiger partial charge is 0.384 e. The zero-order chi connectivity index (χ0) is 11.5. The molecule has 0 bridgehead atoms. The summed E-state index contributed by atoms with van der Waals surface area (Å²) in [6.45, 7) is 6.21. The Labute approximate surface area is 96.3 Å². The molecule has 1 aliphatic heterocycles. The fourth-order valence-corrected chi connectivity index (χ4v) is 1.86. The van der Waals surface area contributed by atoms with E-state index in [1.807, 2.05) is 13.0 Å². The van der Waals surface area contributed by atoms with Crippen LogP contribution < -0.4 is 10.6 Å². The SMILES string of the molecule is CCc1nc(N)cc(N2CCN(C)CC2)n1. The third-order valence-corrected chi connectivity index (χ3v) is 2.92. The van der Waals surface area contributed by atoms with E-state index in [0.29, 0.717) is 5.82 Å². The number of aromatic nitrogens is 2. The smallest absolute Gasteiger partial charge is 0.134 e. The van der Waals surface area contributed by atoms with Gasteiger partial charge in [0.2, 0.25) is 0 Å². The standard InChI is InChI=1S/C11H19N5/c1-3-10-13-9(12)8-11(14-10)16-6-4-15(2)5-7-16/h8H,3-7H2,1-2H3,(H2,12,13,14). The van der Waals surface area contributed by atoms with Crippen molar-refractivity contribution in [1.82, 2.24) is 14.9 Å². The minimum absolute atomic E-state index is 0.570. The molecule has 16 heavy (non-hydrogen) atoms. The zero-order valence-electron chi connectivity index (χ0n) is 9.98. The third kappa shape index (κ3) is 2.41. The highest BCUT2D eigenvalue weighted by atomic mass is 15.3. The van der Waals surface area contributed by atoms with Gasteiger partial charge in [-0.25, -0.2) is 9.97 Å². The second kappa shape index (κ2) is 4.65. The molecular weight excluding hydrogens is 202 g/mol. The summed E-state index contributed by atoms with van der Waals surface area (Å²) in [5.74, 6) is 2.37. The van der Waals surface area contributed by atoms with Gasteiger partial charge in [0.15, 0.2) is 0 Å². The monoisotopic (exact) mass is 221 g/mol. The van der Waals surface area contributed by atoms with Gasteiger partial charge in [-0.2, -0.15) is 0 Å². The lowest BCUT2D eigenvalue weighted by Gasteiger charge is -2.33. The average Bonchev–Trinajstić information content (AvgIpc) is 2.29. The van der Waals surface area contributed by atoms with E-state index in [1.54, 1.807) is 0 Å². The van der Waals surface area contributed by atoms with Crippen LogP contribution in [0, 0.1) is 0 Å². The van der Waals surface area contributed by atoms with Gasteiger partial charge in [-0.15, -0.1) is 0 Å². The summed E-state index contributed by atoms with van der Waals surface area (Å²) >= 11 is 0. The van der Waals surface area contributed by atoms with Crippen LogP contribution in [0.15, 0.2) is 6.07 Å². The maximum absolute atomic E-state index is 5.78. The van der Waals surface area contributed by atoms with Gasteiger partial charge in [0.1, 0.15) is 17.5 Å². The Morgan fingerprint density at radius 3 is 2.56 bits per heavy atom. The van der Waals surface area contributed by atoms with Crippen LogP contribution in [0.25, 0.3) is 0 Å². The first-order valence-electron chi connectivity index (χ1n) is 5.76. The summed E-state index contributed by atoms with van der Waals surface area (Å²) < 4.78 is 0. The molecule has 0 unspecified atom stereocenters. The maximum atomic E-state index is 5.78. The van der Waals surface area contributed by atoms with Gasteiger partial charge < -0.3 is 15.5 Å². The van der Waals surface area contributed by atoms with Gasteiger partial charge in [0.25, 0.3) is 0 Å². The molecule has 5 nitrogen and oxygen atoms in total. The van der Waals surface area contributed by atoms with Crippen LogP contribution in [0.1, 0.15) is 12.7 Å². The molecule has 0 aromatic carbocycles. The van der Waals surface area contributed by atoms with Gasteiger partial charge >= 0.3 is 0 Å². The van der Waals surface area contributed by atoms with E-state index in [1.165, 1.54) is 0 Å². The zero-order valence-corrected chi connectivity index (χ0v) is 9.98. The predicted molar refractivity (Wildman–Crippen MR) is 65.5 cm³/mol. The molecule has 88 valence electrons. The van der Waals surface area contributed by atoms with E-state index in [4.69, 9.17) is 5.73 Å². The number of hydrogen-bond acceptors (Lipinski definition) is 5. The molecule has 0 aliphatic carbocycles. The van der Waals surface area contributed by atoms with Crippen molar-refractivity contribution in [2.45, 2.75) is 13.3 Å². The first-order valence-corrected chi connectivity index (χ1v) is 5.76. The fraction of sp³-hybridized carbons (Fsp3) is 0.636. The number of hydrogen-bond donors (Lipinski definition) is 1. The highest BCUT2D eigenvalue weighted by Gasteiger charge is 2.16. The number of aryl methyl sites for hydroxylation is 1. The van der Waals surface area contributed by atoms with Gasteiger partial charge in [-0.1, -0.05) is 6.92 Å². The summed E-state index contributed by atoms with van der Waals surface area (Å²) in [7, 11) is 2.14. The van der Waals surface area contributed by atoms with Crippen molar-refractivity contribution in [3.63, 3.8) is 0 Å². The lowest BCUT2D eigenvalue weighted by atomic mass is 10.3. The quantitative estimate of drug-likeness (QED) is 0.782. The predicted octanol–water partition coefficient (Wildman–Crippen LogP) is 0.373. The summed E-state index contributed by atoms with van der Waals surface area (Å²) in [6.07, 6.45) is 0.825. The summed E-state index contributed by atoms with van der Waals surface area (Å²) in [5.41, 5.74) is 5.78. The number of nitrogens with two attached hydrogens (primary N) is 1. The molecule has 0 radical (unpaired) electrons. The van der Waals surface area contributed by atoms with Gasteiger partial charge in [0, 0.05) is 38.7 Å². The van der Waals surface area contributed by atoms with Crippen LogP contribution in [-0.4, -0.2) is 48.1 Å². The lowest BCUT2D eigenvalue weighted by Crippen LogP contribution is -2.44. The van der Waals surface area contributed by atoms with Crippen LogP contribution in [0.2, 0.25) is 0 Å². The number of rotatable bonds is 2. The molecule has 2 heterocycles. The molecule has 1 aromatic heterocycles. The van der Waals surface area contributed by atoms with Crippen molar-refractivity contribution in [3.05, 3.63) is 11.9 Å². The molecule has 5 heteroatoms. The number of nitrogen functional groups attached to an aromatic ring is 1. The first-order chi connectivity index (χ1) is 7.69.